The number of rotatable bonds is 4. The molecule has 0 aliphatic carbocycles. The molecule has 0 fully saturated rings. The summed E-state index contributed by atoms with van der Waals surface area (Å²) in [6.45, 7) is 2.01. The van der Waals surface area contributed by atoms with Gasteiger partial charge in [-0.1, -0.05) is 41.4 Å². The van der Waals surface area contributed by atoms with Crippen LogP contribution >= 0.6 is 11.6 Å². The molecule has 3 nitrogen and oxygen atoms in total. The van der Waals surface area contributed by atoms with E-state index in [0.29, 0.717) is 5.02 Å². The number of carbonyl (C=O) groups is 1. The van der Waals surface area contributed by atoms with E-state index in [-0.39, 0.29) is 0 Å². The van der Waals surface area contributed by atoms with Gasteiger partial charge in [-0.3, -0.25) is 4.79 Å². The van der Waals surface area contributed by atoms with Crippen molar-refractivity contribution in [1.82, 2.24) is 0 Å². The van der Waals surface area contributed by atoms with Crippen molar-refractivity contribution >= 4 is 23.2 Å². The van der Waals surface area contributed by atoms with E-state index in [1.165, 1.54) is 0 Å². The van der Waals surface area contributed by atoms with Crippen LogP contribution in [0.3, 0.4) is 0 Å². The van der Waals surface area contributed by atoms with Crippen molar-refractivity contribution in [2.45, 2.75) is 13.0 Å². The van der Waals surface area contributed by atoms with Gasteiger partial charge in [0.05, 0.1) is 0 Å². The first-order valence-corrected chi connectivity index (χ1v) is 6.32. The molecule has 0 spiro atoms. The molecular weight excluding hydrogens is 260 g/mol. The van der Waals surface area contributed by atoms with Crippen molar-refractivity contribution in [3.8, 4) is 0 Å². The maximum Gasteiger partial charge on any atom is 0.244 e. The largest absolute Gasteiger partial charge is 0.370 e. The smallest absolute Gasteiger partial charge is 0.244 e. The van der Waals surface area contributed by atoms with Crippen LogP contribution in [0.2, 0.25) is 5.02 Å². The second-order valence-electron chi connectivity index (χ2n) is 4.40. The van der Waals surface area contributed by atoms with Gasteiger partial charge < -0.3 is 11.1 Å². The number of nitrogens with two attached hydrogens (primary N) is 1. The van der Waals surface area contributed by atoms with Crippen molar-refractivity contribution in [2.24, 2.45) is 5.73 Å². The van der Waals surface area contributed by atoms with Gasteiger partial charge >= 0.3 is 0 Å². The average Bonchev–Trinajstić information content (AvgIpc) is 2.39. The third-order valence-corrected chi connectivity index (χ3v) is 3.10. The third kappa shape index (κ3) is 3.48. The molecule has 2 rings (SSSR count). The molecule has 0 aliphatic heterocycles. The van der Waals surface area contributed by atoms with E-state index < -0.39 is 11.9 Å². The minimum Gasteiger partial charge on any atom is -0.370 e. The summed E-state index contributed by atoms with van der Waals surface area (Å²) in [6.07, 6.45) is 0. The highest BCUT2D eigenvalue weighted by Gasteiger charge is 2.17. The zero-order valence-electron chi connectivity index (χ0n) is 10.6. The van der Waals surface area contributed by atoms with E-state index in [1.54, 1.807) is 24.3 Å². The lowest BCUT2D eigenvalue weighted by atomic mass is 10.1. The van der Waals surface area contributed by atoms with Crippen LogP contribution in [0.4, 0.5) is 5.69 Å². The number of halogens is 1. The molecule has 1 atom stereocenters. The van der Waals surface area contributed by atoms with Gasteiger partial charge in [0.1, 0.15) is 6.04 Å². The topological polar surface area (TPSA) is 55.1 Å². The Morgan fingerprint density at radius 2 is 1.68 bits per heavy atom. The molecule has 4 heteroatoms. The number of nitrogens with one attached hydrogen (secondary N) is 1. The van der Waals surface area contributed by atoms with Crippen LogP contribution in [-0.4, -0.2) is 5.91 Å². The van der Waals surface area contributed by atoms with Crippen molar-refractivity contribution < 1.29 is 4.79 Å². The van der Waals surface area contributed by atoms with Gasteiger partial charge in [0.25, 0.3) is 0 Å². The minimum atomic E-state index is -0.569. The van der Waals surface area contributed by atoms with Gasteiger partial charge in [-0.15, -0.1) is 0 Å². The fourth-order valence-electron chi connectivity index (χ4n) is 1.79. The highest BCUT2D eigenvalue weighted by molar-refractivity contribution is 6.30. The van der Waals surface area contributed by atoms with Gasteiger partial charge in [-0.2, -0.15) is 0 Å². The molecule has 1 unspecified atom stereocenters. The predicted octanol–water partition coefficient (Wildman–Crippen LogP) is 3.29. The van der Waals surface area contributed by atoms with E-state index in [1.807, 2.05) is 31.2 Å². The molecule has 0 bridgehead atoms. The Morgan fingerprint density at radius 3 is 2.21 bits per heavy atom. The molecule has 98 valence electrons. The van der Waals surface area contributed by atoms with Gasteiger partial charge in [0.2, 0.25) is 5.91 Å². The van der Waals surface area contributed by atoms with E-state index in [4.69, 9.17) is 17.3 Å². The third-order valence-electron chi connectivity index (χ3n) is 2.85. The predicted molar refractivity (Wildman–Crippen MR) is 78.2 cm³/mol. The summed E-state index contributed by atoms with van der Waals surface area (Å²) >= 11 is 5.84. The second kappa shape index (κ2) is 5.76. The van der Waals surface area contributed by atoms with Crippen molar-refractivity contribution in [2.75, 3.05) is 5.32 Å². The maximum atomic E-state index is 11.6. The lowest BCUT2D eigenvalue weighted by Crippen LogP contribution is -2.27. The molecule has 0 aromatic heterocycles. The first kappa shape index (κ1) is 13.4. The molecule has 0 saturated carbocycles. The van der Waals surface area contributed by atoms with E-state index in [0.717, 1.165) is 16.8 Å². The SMILES string of the molecule is Cc1ccc(NC(C(N)=O)c2ccc(Cl)cc2)cc1. The van der Waals surface area contributed by atoms with Crippen LogP contribution in [0.25, 0.3) is 0 Å². The maximum absolute atomic E-state index is 11.6. The van der Waals surface area contributed by atoms with Gasteiger partial charge in [-0.05, 0) is 36.8 Å². The summed E-state index contributed by atoms with van der Waals surface area (Å²) in [4.78, 5) is 11.6. The van der Waals surface area contributed by atoms with Gasteiger partial charge in [0.15, 0.2) is 0 Å². The van der Waals surface area contributed by atoms with Crippen LogP contribution in [0.5, 0.6) is 0 Å². The Kier molecular flexibility index (Phi) is 4.07. The standard InChI is InChI=1S/C15H15ClN2O/c1-10-2-8-13(9-3-10)18-14(15(17)19)11-4-6-12(16)7-5-11/h2-9,14,18H,1H3,(H2,17,19). The highest BCUT2D eigenvalue weighted by atomic mass is 35.5. The lowest BCUT2D eigenvalue weighted by Gasteiger charge is -2.17. The number of hydrogen-bond acceptors (Lipinski definition) is 2. The van der Waals surface area contributed by atoms with Gasteiger partial charge in [0, 0.05) is 10.7 Å². The number of carbonyl (C=O) groups excluding carboxylic acids is 1. The summed E-state index contributed by atoms with van der Waals surface area (Å²) < 4.78 is 0. The molecule has 0 saturated heterocycles. The van der Waals surface area contributed by atoms with Crippen LogP contribution in [0.15, 0.2) is 48.5 Å². The number of hydrogen-bond donors (Lipinski definition) is 2. The van der Waals surface area contributed by atoms with E-state index in [9.17, 15) is 4.79 Å². The first-order valence-electron chi connectivity index (χ1n) is 5.94. The Bertz CT molecular complexity index is 564. The van der Waals surface area contributed by atoms with Crippen LogP contribution in [-0.2, 0) is 4.79 Å². The quantitative estimate of drug-likeness (QED) is 0.899. The molecule has 1 amide bonds. The summed E-state index contributed by atoms with van der Waals surface area (Å²) in [5.41, 5.74) is 8.25. The summed E-state index contributed by atoms with van der Waals surface area (Å²) in [7, 11) is 0. The van der Waals surface area contributed by atoms with Crippen molar-refractivity contribution in [3.05, 3.63) is 64.7 Å². The Labute approximate surface area is 117 Å². The molecule has 0 aliphatic rings. The summed E-state index contributed by atoms with van der Waals surface area (Å²) in [5, 5.41) is 3.75. The summed E-state index contributed by atoms with van der Waals surface area (Å²) in [6, 6.07) is 14.3. The summed E-state index contributed by atoms with van der Waals surface area (Å²) in [5.74, 6) is -0.428. The van der Waals surface area contributed by atoms with Crippen molar-refractivity contribution in [3.63, 3.8) is 0 Å². The minimum absolute atomic E-state index is 0.428. The van der Waals surface area contributed by atoms with E-state index in [2.05, 4.69) is 5.32 Å². The zero-order chi connectivity index (χ0) is 13.8. The first-order chi connectivity index (χ1) is 9.06. The Hall–Kier alpha value is -2.00. The fraction of sp³-hybridized carbons (Fsp3) is 0.133. The van der Waals surface area contributed by atoms with E-state index >= 15 is 0 Å². The molecule has 19 heavy (non-hydrogen) atoms. The number of aryl methyl sites for hydroxylation is 1. The lowest BCUT2D eigenvalue weighted by molar-refractivity contribution is -0.118. The number of primary amides is 1. The highest BCUT2D eigenvalue weighted by Crippen LogP contribution is 2.21. The van der Waals surface area contributed by atoms with Crippen molar-refractivity contribution in [1.29, 1.82) is 0 Å². The molecule has 2 aromatic rings. The van der Waals surface area contributed by atoms with Crippen LogP contribution in [0, 0.1) is 6.92 Å². The zero-order valence-corrected chi connectivity index (χ0v) is 11.3. The normalized spacial score (nSPS) is 11.9. The Morgan fingerprint density at radius 1 is 1.11 bits per heavy atom. The molecule has 3 N–H and O–H groups in total. The van der Waals surface area contributed by atoms with Crippen LogP contribution < -0.4 is 11.1 Å². The number of anilines is 1. The molecule has 0 heterocycles. The fourth-order valence-corrected chi connectivity index (χ4v) is 1.92. The molecule has 0 radical (unpaired) electrons. The number of amides is 1. The monoisotopic (exact) mass is 274 g/mol. The average molecular weight is 275 g/mol. The number of benzene rings is 2. The Balaban J connectivity index is 2.23. The molecule has 2 aromatic carbocycles. The van der Waals surface area contributed by atoms with Crippen LogP contribution in [0.1, 0.15) is 17.2 Å². The molecular formula is C15H15ClN2O. The second-order valence-corrected chi connectivity index (χ2v) is 4.83. The van der Waals surface area contributed by atoms with Gasteiger partial charge in [-0.25, -0.2) is 0 Å².